The van der Waals surface area contributed by atoms with Crippen molar-refractivity contribution in [1.82, 2.24) is 5.32 Å². The average molecular weight is 574 g/mol. The Morgan fingerprint density at radius 1 is 0.900 bits per heavy atom. The first kappa shape index (κ1) is 30.8. The molecule has 0 heterocycles. The van der Waals surface area contributed by atoms with E-state index < -0.39 is 5.60 Å². The highest BCUT2D eigenvalue weighted by atomic mass is 35.5. The van der Waals surface area contributed by atoms with Crippen molar-refractivity contribution < 1.29 is 15.3 Å². The first-order valence-electron chi connectivity index (χ1n) is 16.2. The Morgan fingerprint density at radius 3 is 2.27 bits per heavy atom. The standard InChI is InChI=1S/C35H56ClNO3/c1-31(2)27-13-19-33(4)28(32(27,3)17-14-29(31)39)22-26(38)30-25(12-18-34(30,33)5)35(6,40)16-7-20-37-21-15-23-8-10-24(36)11-9-23/h8-11,25-30,37-40H,7,12-22H2,1-6H3/t25-,26+,27-,28+,29-,30-,32-,33+,34+,35-/m0/s1. The summed E-state index contributed by atoms with van der Waals surface area (Å²) in [6.07, 6.45) is 9.25. The molecule has 0 bridgehead atoms. The van der Waals surface area contributed by atoms with E-state index in [0.717, 1.165) is 75.9 Å². The molecule has 4 saturated carbocycles. The summed E-state index contributed by atoms with van der Waals surface area (Å²) < 4.78 is 0. The summed E-state index contributed by atoms with van der Waals surface area (Å²) in [6, 6.07) is 8.05. The zero-order valence-corrected chi connectivity index (χ0v) is 26.7. The van der Waals surface area contributed by atoms with Gasteiger partial charge in [-0.3, -0.25) is 0 Å². The van der Waals surface area contributed by atoms with Crippen molar-refractivity contribution in [2.75, 3.05) is 13.1 Å². The van der Waals surface area contributed by atoms with Crippen LogP contribution in [-0.4, -0.2) is 46.2 Å². The molecule has 4 aliphatic carbocycles. The van der Waals surface area contributed by atoms with E-state index in [1.807, 2.05) is 19.1 Å². The summed E-state index contributed by atoms with van der Waals surface area (Å²) >= 11 is 6.00. The predicted octanol–water partition coefficient (Wildman–Crippen LogP) is 7.02. The van der Waals surface area contributed by atoms with Crippen LogP contribution < -0.4 is 5.32 Å². The molecule has 1 aromatic rings. The summed E-state index contributed by atoms with van der Waals surface area (Å²) in [5, 5.41) is 39.0. The van der Waals surface area contributed by atoms with Crippen LogP contribution >= 0.6 is 11.6 Å². The lowest BCUT2D eigenvalue weighted by atomic mass is 9.35. The Labute approximate surface area is 248 Å². The molecular weight excluding hydrogens is 518 g/mol. The molecule has 0 aromatic heterocycles. The van der Waals surface area contributed by atoms with Gasteiger partial charge in [0, 0.05) is 5.02 Å². The summed E-state index contributed by atoms with van der Waals surface area (Å²) in [5.41, 5.74) is 0.736. The number of aliphatic hydroxyl groups is 3. The molecule has 10 atom stereocenters. The number of fused-ring (bicyclic) bond motifs is 5. The van der Waals surface area contributed by atoms with Crippen LogP contribution in [0.4, 0.5) is 0 Å². The summed E-state index contributed by atoms with van der Waals surface area (Å²) in [5.74, 6) is 1.22. The zero-order valence-electron chi connectivity index (χ0n) is 26.0. The first-order chi connectivity index (χ1) is 18.7. The highest BCUT2D eigenvalue weighted by Crippen LogP contribution is 2.75. The lowest BCUT2D eigenvalue weighted by molar-refractivity contribution is -0.246. The Morgan fingerprint density at radius 2 is 1.57 bits per heavy atom. The van der Waals surface area contributed by atoms with E-state index in [2.05, 4.69) is 52.1 Å². The largest absolute Gasteiger partial charge is 0.393 e. The van der Waals surface area contributed by atoms with Crippen LogP contribution in [0.2, 0.25) is 5.02 Å². The Bertz CT molecular complexity index is 1040. The molecule has 0 aliphatic heterocycles. The highest BCUT2D eigenvalue weighted by Gasteiger charge is 2.71. The van der Waals surface area contributed by atoms with E-state index in [4.69, 9.17) is 11.6 Å². The molecule has 0 unspecified atom stereocenters. The van der Waals surface area contributed by atoms with Crippen molar-refractivity contribution in [2.45, 2.75) is 124 Å². The van der Waals surface area contributed by atoms with Crippen LogP contribution in [0.25, 0.3) is 0 Å². The molecule has 4 nitrogen and oxygen atoms in total. The molecule has 5 heteroatoms. The number of hydrogen-bond donors (Lipinski definition) is 4. The van der Waals surface area contributed by atoms with Gasteiger partial charge in [0.1, 0.15) is 0 Å². The predicted molar refractivity (Wildman–Crippen MR) is 164 cm³/mol. The van der Waals surface area contributed by atoms with E-state index >= 15 is 0 Å². The minimum Gasteiger partial charge on any atom is -0.393 e. The van der Waals surface area contributed by atoms with E-state index in [9.17, 15) is 15.3 Å². The Hall–Kier alpha value is -0.650. The number of rotatable bonds is 8. The highest BCUT2D eigenvalue weighted by molar-refractivity contribution is 6.30. The van der Waals surface area contributed by atoms with Crippen LogP contribution in [0.15, 0.2) is 24.3 Å². The SMILES string of the molecule is CC1(C)[C@@H](O)CC[C@]2(C)[C@H]3C[C@@H](O)[C@@H]4[C@@H]([C@@](C)(O)CCCNCCc5ccc(Cl)cc5)CC[C@@]4(C)[C@]3(C)CC[C@@H]12. The summed E-state index contributed by atoms with van der Waals surface area (Å²) in [7, 11) is 0. The molecule has 226 valence electrons. The molecule has 4 fully saturated rings. The molecule has 1 aromatic carbocycles. The van der Waals surface area contributed by atoms with Crippen molar-refractivity contribution in [3.8, 4) is 0 Å². The number of hydrogen-bond acceptors (Lipinski definition) is 4. The minimum atomic E-state index is -0.775. The third-order valence-electron chi connectivity index (χ3n) is 13.7. The van der Waals surface area contributed by atoms with E-state index in [1.54, 1.807) is 0 Å². The minimum absolute atomic E-state index is 0.0228. The van der Waals surface area contributed by atoms with Gasteiger partial charge in [-0.15, -0.1) is 0 Å². The topological polar surface area (TPSA) is 72.7 Å². The van der Waals surface area contributed by atoms with Crippen LogP contribution in [0.3, 0.4) is 0 Å². The van der Waals surface area contributed by atoms with Crippen LogP contribution in [-0.2, 0) is 6.42 Å². The fraction of sp³-hybridized carbons (Fsp3) is 0.829. The number of benzene rings is 1. The van der Waals surface area contributed by atoms with Crippen LogP contribution in [0.1, 0.15) is 105 Å². The maximum atomic E-state index is 11.9. The van der Waals surface area contributed by atoms with Gasteiger partial charge in [-0.25, -0.2) is 0 Å². The molecule has 0 radical (unpaired) electrons. The smallest absolute Gasteiger partial charge is 0.0652 e. The average Bonchev–Trinajstić information content (AvgIpc) is 3.27. The van der Waals surface area contributed by atoms with Gasteiger partial charge in [-0.2, -0.15) is 0 Å². The fourth-order valence-electron chi connectivity index (χ4n) is 11.2. The second kappa shape index (κ2) is 10.8. The molecule has 40 heavy (non-hydrogen) atoms. The quantitative estimate of drug-likeness (QED) is 0.252. The second-order valence-corrected chi connectivity index (χ2v) is 16.4. The van der Waals surface area contributed by atoms with Crippen molar-refractivity contribution in [1.29, 1.82) is 0 Å². The monoisotopic (exact) mass is 573 g/mol. The fourth-order valence-corrected chi connectivity index (χ4v) is 11.3. The van der Waals surface area contributed by atoms with Gasteiger partial charge in [0.05, 0.1) is 17.8 Å². The van der Waals surface area contributed by atoms with Crippen molar-refractivity contribution in [3.05, 3.63) is 34.9 Å². The van der Waals surface area contributed by atoms with E-state index in [0.29, 0.717) is 11.8 Å². The number of halogens is 1. The van der Waals surface area contributed by atoms with Gasteiger partial charge in [-0.1, -0.05) is 58.4 Å². The summed E-state index contributed by atoms with van der Waals surface area (Å²) in [6.45, 7) is 15.9. The first-order valence-corrected chi connectivity index (χ1v) is 16.6. The molecule has 4 aliphatic rings. The van der Waals surface area contributed by atoms with Gasteiger partial charge in [-0.05, 0) is 147 Å². The van der Waals surface area contributed by atoms with Gasteiger partial charge in [0.15, 0.2) is 0 Å². The normalized spacial score (nSPS) is 43.9. The van der Waals surface area contributed by atoms with Crippen molar-refractivity contribution in [3.63, 3.8) is 0 Å². The van der Waals surface area contributed by atoms with Gasteiger partial charge in [0.2, 0.25) is 0 Å². The molecule has 4 N–H and O–H groups in total. The Kier molecular flexibility index (Phi) is 8.32. The molecule has 0 saturated heterocycles. The maximum absolute atomic E-state index is 11.9. The maximum Gasteiger partial charge on any atom is 0.0652 e. The van der Waals surface area contributed by atoms with Crippen molar-refractivity contribution in [2.24, 2.45) is 45.3 Å². The van der Waals surface area contributed by atoms with Crippen LogP contribution in [0, 0.1) is 45.3 Å². The van der Waals surface area contributed by atoms with E-state index in [-0.39, 0.29) is 45.7 Å². The molecule has 5 rings (SSSR count). The second-order valence-electron chi connectivity index (χ2n) is 15.9. The number of aliphatic hydroxyl groups excluding tert-OH is 2. The molecular formula is C35H56ClNO3. The lowest BCUT2D eigenvalue weighted by Crippen LogP contribution is -2.66. The van der Waals surface area contributed by atoms with Gasteiger partial charge < -0.3 is 20.6 Å². The Balaban J connectivity index is 1.24. The lowest BCUT2D eigenvalue weighted by Gasteiger charge is -2.70. The van der Waals surface area contributed by atoms with Crippen LogP contribution in [0.5, 0.6) is 0 Å². The molecule has 0 amide bonds. The number of nitrogens with one attached hydrogen (secondary N) is 1. The van der Waals surface area contributed by atoms with Gasteiger partial charge >= 0.3 is 0 Å². The molecule has 0 spiro atoms. The zero-order chi connectivity index (χ0) is 29.1. The van der Waals surface area contributed by atoms with E-state index in [1.165, 1.54) is 12.0 Å². The third-order valence-corrected chi connectivity index (χ3v) is 14.0. The van der Waals surface area contributed by atoms with Crippen molar-refractivity contribution >= 4 is 11.6 Å². The van der Waals surface area contributed by atoms with Gasteiger partial charge in [0.25, 0.3) is 0 Å². The third kappa shape index (κ3) is 4.90. The summed E-state index contributed by atoms with van der Waals surface area (Å²) in [4.78, 5) is 0.